The first-order chi connectivity index (χ1) is 7.31. The van der Waals surface area contributed by atoms with Gasteiger partial charge in [0.2, 0.25) is 0 Å². The molecule has 1 rings (SSSR count). The van der Waals surface area contributed by atoms with Gasteiger partial charge in [-0.3, -0.25) is 0 Å². The van der Waals surface area contributed by atoms with Crippen LogP contribution in [0.3, 0.4) is 0 Å². The molecule has 1 heterocycles. The van der Waals surface area contributed by atoms with Crippen molar-refractivity contribution in [3.63, 3.8) is 0 Å². The Labute approximate surface area is 93.7 Å². The van der Waals surface area contributed by atoms with E-state index in [9.17, 15) is 0 Å². The lowest BCUT2D eigenvalue weighted by Crippen LogP contribution is -2.28. The average molecular weight is 208 g/mol. The lowest BCUT2D eigenvalue weighted by molar-refractivity contribution is 0.471. The van der Waals surface area contributed by atoms with Gasteiger partial charge in [-0.25, -0.2) is 0 Å². The fraction of sp³-hybridized carbons (Fsp3) is 0.692. The van der Waals surface area contributed by atoms with Crippen molar-refractivity contribution in [3.8, 4) is 0 Å². The standard InChI is InChI=1S/C13H24N2/c1-4-9-15-10-7-8-13(15)11-14-12(5-2)6-3/h7-8,10,12,14H,4-6,9,11H2,1-3H3. The third-order valence-corrected chi connectivity index (χ3v) is 2.95. The molecule has 0 aromatic carbocycles. The minimum atomic E-state index is 0.662. The van der Waals surface area contributed by atoms with Crippen molar-refractivity contribution in [2.24, 2.45) is 0 Å². The van der Waals surface area contributed by atoms with Gasteiger partial charge in [-0.2, -0.15) is 0 Å². The van der Waals surface area contributed by atoms with Crippen molar-refractivity contribution in [3.05, 3.63) is 24.0 Å². The summed E-state index contributed by atoms with van der Waals surface area (Å²) in [5.74, 6) is 0. The van der Waals surface area contributed by atoms with E-state index < -0.39 is 0 Å². The number of aromatic nitrogens is 1. The van der Waals surface area contributed by atoms with Crippen molar-refractivity contribution < 1.29 is 0 Å². The molecule has 0 aliphatic rings. The zero-order valence-electron chi connectivity index (χ0n) is 10.3. The number of hydrogen-bond donors (Lipinski definition) is 1. The predicted octanol–water partition coefficient (Wildman–Crippen LogP) is 3.18. The molecular weight excluding hydrogens is 184 g/mol. The van der Waals surface area contributed by atoms with Crippen LogP contribution in [0.25, 0.3) is 0 Å². The maximum Gasteiger partial charge on any atom is 0.0361 e. The second-order valence-corrected chi connectivity index (χ2v) is 4.09. The third-order valence-electron chi connectivity index (χ3n) is 2.95. The zero-order chi connectivity index (χ0) is 11.1. The highest BCUT2D eigenvalue weighted by Crippen LogP contribution is 2.05. The molecule has 2 heteroatoms. The Bertz CT molecular complexity index is 261. The molecule has 2 nitrogen and oxygen atoms in total. The smallest absolute Gasteiger partial charge is 0.0361 e. The van der Waals surface area contributed by atoms with Gasteiger partial charge in [0.1, 0.15) is 0 Å². The van der Waals surface area contributed by atoms with Crippen molar-refractivity contribution in [1.82, 2.24) is 9.88 Å². The Kier molecular flexibility index (Phi) is 5.48. The van der Waals surface area contributed by atoms with Crippen LogP contribution in [-0.2, 0) is 13.1 Å². The van der Waals surface area contributed by atoms with E-state index in [0.29, 0.717) is 6.04 Å². The first-order valence-electron chi connectivity index (χ1n) is 6.19. The highest BCUT2D eigenvalue weighted by atomic mass is 15.0. The third kappa shape index (κ3) is 3.71. The first kappa shape index (κ1) is 12.3. The quantitative estimate of drug-likeness (QED) is 0.728. The molecule has 86 valence electrons. The summed E-state index contributed by atoms with van der Waals surface area (Å²) in [6, 6.07) is 5.01. The number of hydrogen-bond acceptors (Lipinski definition) is 1. The fourth-order valence-electron chi connectivity index (χ4n) is 1.90. The second kappa shape index (κ2) is 6.67. The second-order valence-electron chi connectivity index (χ2n) is 4.09. The molecule has 1 aromatic rings. The van der Waals surface area contributed by atoms with E-state index in [4.69, 9.17) is 0 Å². The van der Waals surface area contributed by atoms with Crippen LogP contribution in [0.15, 0.2) is 18.3 Å². The molecule has 0 spiro atoms. The van der Waals surface area contributed by atoms with Gasteiger partial charge < -0.3 is 9.88 Å². The molecule has 0 fully saturated rings. The molecule has 1 aromatic heterocycles. The predicted molar refractivity (Wildman–Crippen MR) is 65.9 cm³/mol. The minimum absolute atomic E-state index is 0.662. The molecule has 0 bridgehead atoms. The lowest BCUT2D eigenvalue weighted by Gasteiger charge is -2.15. The van der Waals surface area contributed by atoms with E-state index in [2.05, 4.69) is 49.0 Å². The molecule has 0 aliphatic carbocycles. The summed E-state index contributed by atoms with van der Waals surface area (Å²) >= 11 is 0. The molecule has 0 radical (unpaired) electrons. The van der Waals surface area contributed by atoms with Crippen LogP contribution in [-0.4, -0.2) is 10.6 Å². The zero-order valence-corrected chi connectivity index (χ0v) is 10.3. The van der Waals surface area contributed by atoms with Crippen molar-refractivity contribution in [1.29, 1.82) is 0 Å². The van der Waals surface area contributed by atoms with Gasteiger partial charge in [0.25, 0.3) is 0 Å². The number of aryl methyl sites for hydroxylation is 1. The van der Waals surface area contributed by atoms with Crippen LogP contribution in [0.4, 0.5) is 0 Å². The monoisotopic (exact) mass is 208 g/mol. The Balaban J connectivity index is 2.45. The van der Waals surface area contributed by atoms with Crippen LogP contribution in [0, 0.1) is 0 Å². The van der Waals surface area contributed by atoms with Crippen LogP contribution >= 0.6 is 0 Å². The largest absolute Gasteiger partial charge is 0.350 e. The first-order valence-corrected chi connectivity index (χ1v) is 6.19. The van der Waals surface area contributed by atoms with Gasteiger partial charge in [0.05, 0.1) is 0 Å². The summed E-state index contributed by atoms with van der Waals surface area (Å²) in [5, 5.41) is 3.60. The Morgan fingerprint density at radius 1 is 1.27 bits per heavy atom. The summed E-state index contributed by atoms with van der Waals surface area (Å²) in [6.07, 6.45) is 5.80. The fourth-order valence-corrected chi connectivity index (χ4v) is 1.90. The number of nitrogens with zero attached hydrogens (tertiary/aromatic N) is 1. The molecule has 15 heavy (non-hydrogen) atoms. The lowest BCUT2D eigenvalue weighted by atomic mass is 10.2. The van der Waals surface area contributed by atoms with Crippen molar-refractivity contribution >= 4 is 0 Å². The summed E-state index contributed by atoms with van der Waals surface area (Å²) in [4.78, 5) is 0. The van der Waals surface area contributed by atoms with E-state index in [1.165, 1.54) is 25.0 Å². The molecule has 0 saturated heterocycles. The Morgan fingerprint density at radius 3 is 2.60 bits per heavy atom. The normalized spacial score (nSPS) is 11.2. The van der Waals surface area contributed by atoms with Gasteiger partial charge in [-0.1, -0.05) is 20.8 Å². The van der Waals surface area contributed by atoms with Gasteiger partial charge in [0, 0.05) is 31.0 Å². The highest BCUT2D eigenvalue weighted by molar-refractivity contribution is 5.07. The molecule has 0 saturated carbocycles. The summed E-state index contributed by atoms with van der Waals surface area (Å²) < 4.78 is 2.34. The molecule has 0 amide bonds. The van der Waals surface area contributed by atoms with Gasteiger partial charge in [0.15, 0.2) is 0 Å². The van der Waals surface area contributed by atoms with E-state index in [0.717, 1.165) is 13.1 Å². The SMILES string of the molecule is CCCn1cccc1CNC(CC)CC. The minimum Gasteiger partial charge on any atom is -0.350 e. The summed E-state index contributed by atoms with van der Waals surface area (Å²) in [6.45, 7) is 8.84. The van der Waals surface area contributed by atoms with Crippen molar-refractivity contribution in [2.45, 2.75) is 59.2 Å². The van der Waals surface area contributed by atoms with Crippen LogP contribution < -0.4 is 5.32 Å². The summed E-state index contributed by atoms with van der Waals surface area (Å²) in [7, 11) is 0. The molecule has 0 aliphatic heterocycles. The highest BCUT2D eigenvalue weighted by Gasteiger charge is 2.04. The van der Waals surface area contributed by atoms with E-state index in [-0.39, 0.29) is 0 Å². The Hall–Kier alpha value is -0.760. The maximum absolute atomic E-state index is 3.60. The topological polar surface area (TPSA) is 17.0 Å². The van der Waals surface area contributed by atoms with Crippen molar-refractivity contribution in [2.75, 3.05) is 0 Å². The molecular formula is C13H24N2. The number of rotatable bonds is 7. The van der Waals surface area contributed by atoms with Crippen LogP contribution in [0.5, 0.6) is 0 Å². The maximum atomic E-state index is 3.60. The number of nitrogens with one attached hydrogen (secondary N) is 1. The molecule has 0 unspecified atom stereocenters. The van der Waals surface area contributed by atoms with Gasteiger partial charge >= 0.3 is 0 Å². The van der Waals surface area contributed by atoms with Crippen LogP contribution in [0.2, 0.25) is 0 Å². The molecule has 0 atom stereocenters. The van der Waals surface area contributed by atoms with E-state index >= 15 is 0 Å². The van der Waals surface area contributed by atoms with E-state index in [1.807, 2.05) is 0 Å². The molecule has 1 N–H and O–H groups in total. The van der Waals surface area contributed by atoms with Gasteiger partial charge in [-0.05, 0) is 31.4 Å². The Morgan fingerprint density at radius 2 is 2.00 bits per heavy atom. The summed E-state index contributed by atoms with van der Waals surface area (Å²) in [5.41, 5.74) is 1.41. The van der Waals surface area contributed by atoms with E-state index in [1.54, 1.807) is 0 Å². The van der Waals surface area contributed by atoms with Gasteiger partial charge in [-0.15, -0.1) is 0 Å². The van der Waals surface area contributed by atoms with Crippen LogP contribution in [0.1, 0.15) is 45.7 Å². The average Bonchev–Trinajstić information content (AvgIpc) is 2.68.